The molecule has 0 atom stereocenters. The Hall–Kier alpha value is -2.21. The van der Waals surface area contributed by atoms with Gasteiger partial charge in [-0.2, -0.15) is 0 Å². The van der Waals surface area contributed by atoms with Crippen molar-refractivity contribution in [2.24, 2.45) is 0 Å². The van der Waals surface area contributed by atoms with Gasteiger partial charge in [0.1, 0.15) is 5.69 Å². The molecule has 2 rings (SSSR count). The molecule has 3 nitrogen and oxygen atoms in total. The zero-order valence-corrected chi connectivity index (χ0v) is 10.5. The number of benzene rings is 1. The third-order valence-electron chi connectivity index (χ3n) is 3.24. The van der Waals surface area contributed by atoms with E-state index < -0.39 is 5.97 Å². The fourth-order valence-corrected chi connectivity index (χ4v) is 2.32. The number of hydrogen-bond donors (Lipinski definition) is 1. The molecule has 0 aliphatic heterocycles. The summed E-state index contributed by atoms with van der Waals surface area (Å²) in [5, 5.41) is 10.3. The summed E-state index contributed by atoms with van der Waals surface area (Å²) in [5.41, 5.74) is 3.15. The van der Waals surface area contributed by atoms with Gasteiger partial charge in [0.05, 0.1) is 6.54 Å². The predicted octanol–water partition coefficient (Wildman–Crippen LogP) is 2.84. The molecule has 2 aromatic rings. The lowest BCUT2D eigenvalue weighted by molar-refractivity contribution is 0.0685. The van der Waals surface area contributed by atoms with Crippen LogP contribution in [0.4, 0.5) is 0 Å². The maximum atomic E-state index is 11.4. The summed E-state index contributed by atoms with van der Waals surface area (Å²) in [4.78, 5) is 11.4. The van der Waals surface area contributed by atoms with Crippen molar-refractivity contribution in [2.45, 2.75) is 26.8 Å². The molecule has 18 heavy (non-hydrogen) atoms. The van der Waals surface area contributed by atoms with Gasteiger partial charge >= 0.3 is 5.97 Å². The molecule has 0 radical (unpaired) electrons. The highest BCUT2D eigenvalue weighted by Gasteiger charge is 2.18. The molecular formula is C15H15NO2. The van der Waals surface area contributed by atoms with Crippen molar-refractivity contribution in [3.63, 3.8) is 0 Å². The minimum Gasteiger partial charge on any atom is -0.477 e. The fourth-order valence-electron chi connectivity index (χ4n) is 2.32. The number of carboxylic acids is 1. The summed E-state index contributed by atoms with van der Waals surface area (Å²) in [6.07, 6.45) is 6.25. The van der Waals surface area contributed by atoms with Crippen molar-refractivity contribution in [1.29, 1.82) is 0 Å². The van der Waals surface area contributed by atoms with Crippen LogP contribution in [-0.2, 0) is 13.0 Å². The maximum Gasteiger partial charge on any atom is 0.352 e. The Kier molecular flexibility index (Phi) is 3.12. The lowest BCUT2D eigenvalue weighted by atomic mass is 10.1. The van der Waals surface area contributed by atoms with Crippen LogP contribution in [0.25, 0.3) is 10.9 Å². The van der Waals surface area contributed by atoms with Crippen molar-refractivity contribution in [3.05, 3.63) is 35.0 Å². The summed E-state index contributed by atoms with van der Waals surface area (Å²) in [6.45, 7) is 4.18. The molecule has 0 amide bonds. The number of aryl methyl sites for hydroxylation is 2. The SMILES string of the molecule is C#CCn1c(C(=O)O)c(C)c2cc(CC)ccc21. The van der Waals surface area contributed by atoms with Crippen LogP contribution in [0.1, 0.15) is 28.5 Å². The van der Waals surface area contributed by atoms with Crippen molar-refractivity contribution >= 4 is 16.9 Å². The fraction of sp³-hybridized carbons (Fsp3) is 0.267. The first-order valence-electron chi connectivity index (χ1n) is 5.88. The van der Waals surface area contributed by atoms with Gasteiger partial charge in [0.15, 0.2) is 0 Å². The Morgan fingerprint density at radius 3 is 2.78 bits per heavy atom. The first kappa shape index (κ1) is 12.3. The van der Waals surface area contributed by atoms with Crippen LogP contribution in [0.15, 0.2) is 18.2 Å². The van der Waals surface area contributed by atoms with E-state index in [-0.39, 0.29) is 12.2 Å². The standard InChI is InChI=1S/C15H15NO2/c1-4-8-16-13-7-6-11(5-2)9-12(13)10(3)14(16)15(17)18/h1,6-7,9H,5,8H2,2-3H3,(H,17,18). The Morgan fingerprint density at radius 1 is 1.50 bits per heavy atom. The lowest BCUT2D eigenvalue weighted by Crippen LogP contribution is -2.08. The molecule has 0 aliphatic rings. The summed E-state index contributed by atoms with van der Waals surface area (Å²) in [5.74, 6) is 1.58. The van der Waals surface area contributed by atoms with Crippen LogP contribution in [0.2, 0.25) is 0 Å². The molecule has 0 saturated carbocycles. The molecule has 0 unspecified atom stereocenters. The number of nitrogens with zero attached hydrogens (tertiary/aromatic N) is 1. The van der Waals surface area contributed by atoms with E-state index in [4.69, 9.17) is 6.42 Å². The van der Waals surface area contributed by atoms with Gasteiger partial charge in [-0.3, -0.25) is 0 Å². The van der Waals surface area contributed by atoms with Gasteiger partial charge in [0.25, 0.3) is 0 Å². The lowest BCUT2D eigenvalue weighted by Gasteiger charge is -2.04. The monoisotopic (exact) mass is 241 g/mol. The van der Waals surface area contributed by atoms with Crippen LogP contribution in [0.5, 0.6) is 0 Å². The summed E-state index contributed by atoms with van der Waals surface area (Å²) < 4.78 is 1.69. The van der Waals surface area contributed by atoms with Crippen LogP contribution in [-0.4, -0.2) is 15.6 Å². The van der Waals surface area contributed by atoms with E-state index in [0.717, 1.165) is 22.9 Å². The smallest absolute Gasteiger partial charge is 0.352 e. The van der Waals surface area contributed by atoms with E-state index in [1.165, 1.54) is 5.56 Å². The van der Waals surface area contributed by atoms with Gasteiger partial charge in [0, 0.05) is 10.9 Å². The van der Waals surface area contributed by atoms with Gasteiger partial charge in [-0.25, -0.2) is 4.79 Å². The largest absolute Gasteiger partial charge is 0.477 e. The molecule has 3 heteroatoms. The molecule has 92 valence electrons. The van der Waals surface area contributed by atoms with Gasteiger partial charge < -0.3 is 9.67 Å². The van der Waals surface area contributed by atoms with E-state index in [1.54, 1.807) is 4.57 Å². The molecule has 0 bridgehead atoms. The minimum atomic E-state index is -0.933. The van der Waals surface area contributed by atoms with E-state index in [0.29, 0.717) is 0 Å². The molecule has 1 aromatic heterocycles. The molecule has 1 aromatic carbocycles. The van der Waals surface area contributed by atoms with E-state index in [2.05, 4.69) is 12.8 Å². The topological polar surface area (TPSA) is 42.2 Å². The second-order valence-electron chi connectivity index (χ2n) is 4.27. The van der Waals surface area contributed by atoms with Crippen molar-refractivity contribution in [3.8, 4) is 12.3 Å². The number of rotatable bonds is 3. The second kappa shape index (κ2) is 4.58. The average molecular weight is 241 g/mol. The highest BCUT2D eigenvalue weighted by atomic mass is 16.4. The number of hydrogen-bond acceptors (Lipinski definition) is 1. The Labute approximate surface area is 106 Å². The van der Waals surface area contributed by atoms with Crippen molar-refractivity contribution < 1.29 is 9.90 Å². The normalized spacial score (nSPS) is 10.5. The van der Waals surface area contributed by atoms with Crippen molar-refractivity contribution in [2.75, 3.05) is 0 Å². The molecule has 1 N–H and O–H groups in total. The van der Waals surface area contributed by atoms with Crippen LogP contribution < -0.4 is 0 Å². The first-order chi connectivity index (χ1) is 8.60. The minimum absolute atomic E-state index is 0.275. The highest BCUT2D eigenvalue weighted by molar-refractivity contribution is 5.98. The molecule has 0 aliphatic carbocycles. The number of fused-ring (bicyclic) bond motifs is 1. The van der Waals surface area contributed by atoms with Crippen LogP contribution in [0, 0.1) is 19.3 Å². The van der Waals surface area contributed by atoms with E-state index >= 15 is 0 Å². The van der Waals surface area contributed by atoms with Gasteiger partial charge in [-0.1, -0.05) is 18.9 Å². The maximum absolute atomic E-state index is 11.4. The van der Waals surface area contributed by atoms with Crippen molar-refractivity contribution in [1.82, 2.24) is 4.57 Å². The number of aromatic nitrogens is 1. The van der Waals surface area contributed by atoms with Crippen LogP contribution >= 0.6 is 0 Å². The number of carbonyl (C=O) groups is 1. The number of carboxylic acid groups (broad SMARTS) is 1. The summed E-state index contributed by atoms with van der Waals surface area (Å²) >= 11 is 0. The zero-order valence-electron chi connectivity index (χ0n) is 10.5. The first-order valence-corrected chi connectivity index (χ1v) is 5.88. The molecule has 0 saturated heterocycles. The zero-order chi connectivity index (χ0) is 13.3. The quantitative estimate of drug-likeness (QED) is 0.839. The van der Waals surface area contributed by atoms with Gasteiger partial charge in [-0.05, 0) is 36.6 Å². The second-order valence-corrected chi connectivity index (χ2v) is 4.27. The Balaban J connectivity index is 2.83. The summed E-state index contributed by atoms with van der Waals surface area (Å²) in [7, 11) is 0. The third kappa shape index (κ3) is 1.76. The third-order valence-corrected chi connectivity index (χ3v) is 3.24. The van der Waals surface area contributed by atoms with E-state index in [1.807, 2.05) is 25.1 Å². The Bertz CT molecular complexity index is 659. The van der Waals surface area contributed by atoms with Crippen LogP contribution in [0.3, 0.4) is 0 Å². The predicted molar refractivity (Wildman–Crippen MR) is 71.8 cm³/mol. The summed E-state index contributed by atoms with van der Waals surface area (Å²) in [6, 6.07) is 6.01. The Morgan fingerprint density at radius 2 is 2.22 bits per heavy atom. The molecule has 0 spiro atoms. The molecular weight excluding hydrogens is 226 g/mol. The molecule has 0 fully saturated rings. The number of terminal acetylenes is 1. The van der Waals surface area contributed by atoms with E-state index in [9.17, 15) is 9.90 Å². The average Bonchev–Trinajstić information content (AvgIpc) is 2.63. The number of aromatic carboxylic acids is 1. The molecule has 1 heterocycles. The highest BCUT2D eigenvalue weighted by Crippen LogP contribution is 2.27. The van der Waals surface area contributed by atoms with Gasteiger partial charge in [0.2, 0.25) is 0 Å². The van der Waals surface area contributed by atoms with Gasteiger partial charge in [-0.15, -0.1) is 6.42 Å².